The van der Waals surface area contributed by atoms with Crippen LogP contribution in [-0.2, 0) is 19.1 Å². The number of rotatable bonds is 3. The second-order valence-electron chi connectivity index (χ2n) is 4.97. The number of carbonyl (C=O) groups is 3. The highest BCUT2D eigenvalue weighted by molar-refractivity contribution is 6.46. The molecule has 2 atom stereocenters. The van der Waals surface area contributed by atoms with Gasteiger partial charge in [-0.05, 0) is 31.2 Å². The normalized spacial score (nSPS) is 22.3. The molecule has 0 radical (unpaired) electrons. The molecule has 2 aliphatic heterocycles. The van der Waals surface area contributed by atoms with Crippen molar-refractivity contribution in [1.82, 2.24) is 5.43 Å². The van der Waals surface area contributed by atoms with Gasteiger partial charge in [0.05, 0.1) is 23.9 Å². The van der Waals surface area contributed by atoms with E-state index < -0.39 is 29.7 Å². The van der Waals surface area contributed by atoms with Crippen LogP contribution in [-0.4, -0.2) is 36.1 Å². The molecule has 2 aliphatic rings. The lowest BCUT2D eigenvalue weighted by Crippen LogP contribution is -2.36. The smallest absolute Gasteiger partial charge is 0.355 e. The molecule has 8 heteroatoms. The van der Waals surface area contributed by atoms with Crippen LogP contribution in [0.25, 0.3) is 0 Å². The van der Waals surface area contributed by atoms with E-state index >= 15 is 0 Å². The van der Waals surface area contributed by atoms with Crippen LogP contribution in [0.2, 0.25) is 0 Å². The number of hydrogen-bond acceptors (Lipinski definition) is 7. The maximum Gasteiger partial charge on any atom is 0.355 e. The van der Waals surface area contributed by atoms with Crippen LogP contribution in [0.5, 0.6) is 0 Å². The molecule has 0 bridgehead atoms. The van der Waals surface area contributed by atoms with E-state index in [0.29, 0.717) is 11.3 Å². The number of imide groups is 1. The van der Waals surface area contributed by atoms with E-state index in [9.17, 15) is 14.4 Å². The molecular formula is C15H12N4O4. The first-order chi connectivity index (χ1) is 11.1. The van der Waals surface area contributed by atoms with Gasteiger partial charge >= 0.3 is 5.97 Å². The van der Waals surface area contributed by atoms with Gasteiger partial charge in [-0.15, -0.1) is 0 Å². The lowest BCUT2D eigenvalue weighted by atomic mass is 9.99. The van der Waals surface area contributed by atoms with Gasteiger partial charge in [-0.1, -0.05) is 0 Å². The first kappa shape index (κ1) is 14.7. The Bertz CT molecular complexity index is 763. The lowest BCUT2D eigenvalue weighted by Gasteiger charge is -2.15. The Kier molecular flexibility index (Phi) is 3.54. The average molecular weight is 312 g/mol. The third kappa shape index (κ3) is 2.23. The molecule has 0 saturated carbocycles. The summed E-state index contributed by atoms with van der Waals surface area (Å²) in [7, 11) is 0. The summed E-state index contributed by atoms with van der Waals surface area (Å²) in [5, 5.41) is 12.6. The van der Waals surface area contributed by atoms with Gasteiger partial charge in [-0.2, -0.15) is 10.4 Å². The van der Waals surface area contributed by atoms with E-state index in [4.69, 9.17) is 10.00 Å². The van der Waals surface area contributed by atoms with Crippen molar-refractivity contribution in [3.63, 3.8) is 0 Å². The molecule has 23 heavy (non-hydrogen) atoms. The van der Waals surface area contributed by atoms with Gasteiger partial charge in [-0.25, -0.2) is 9.69 Å². The Morgan fingerprint density at radius 3 is 2.65 bits per heavy atom. The summed E-state index contributed by atoms with van der Waals surface area (Å²) in [5.41, 5.74) is 3.20. The van der Waals surface area contributed by atoms with E-state index in [-0.39, 0.29) is 12.3 Å². The number of nitriles is 1. The first-order valence-corrected chi connectivity index (χ1v) is 6.96. The molecule has 116 valence electrons. The molecule has 2 unspecified atom stereocenters. The zero-order valence-corrected chi connectivity index (χ0v) is 12.1. The molecule has 0 aliphatic carbocycles. The topological polar surface area (TPSA) is 112 Å². The number of carbonyl (C=O) groups excluding carboxylic acids is 3. The Hall–Kier alpha value is -3.21. The number of fused-ring (bicyclic) bond motifs is 1. The van der Waals surface area contributed by atoms with E-state index in [1.165, 1.54) is 24.3 Å². The summed E-state index contributed by atoms with van der Waals surface area (Å²) in [6, 6.07) is 7.10. The zero-order valence-electron chi connectivity index (χ0n) is 12.1. The molecule has 1 saturated heterocycles. The Morgan fingerprint density at radius 2 is 2.04 bits per heavy atom. The second kappa shape index (κ2) is 5.53. The van der Waals surface area contributed by atoms with Crippen molar-refractivity contribution in [2.75, 3.05) is 11.5 Å². The Labute approximate surface area is 131 Å². The first-order valence-electron chi connectivity index (χ1n) is 6.96. The number of hydrazone groups is 1. The predicted molar refractivity (Wildman–Crippen MR) is 78.1 cm³/mol. The minimum Gasteiger partial charge on any atom is -0.461 e. The second-order valence-corrected chi connectivity index (χ2v) is 4.97. The molecule has 2 heterocycles. The molecule has 1 aromatic carbocycles. The van der Waals surface area contributed by atoms with Crippen LogP contribution >= 0.6 is 0 Å². The summed E-state index contributed by atoms with van der Waals surface area (Å²) in [6.45, 7) is 1.79. The highest BCUT2D eigenvalue weighted by Gasteiger charge is 2.55. The fourth-order valence-electron chi connectivity index (χ4n) is 2.60. The molecule has 8 nitrogen and oxygen atoms in total. The highest BCUT2D eigenvalue weighted by Crippen LogP contribution is 2.30. The van der Waals surface area contributed by atoms with E-state index in [2.05, 4.69) is 10.5 Å². The molecular weight excluding hydrogens is 300 g/mol. The van der Waals surface area contributed by atoms with Crippen molar-refractivity contribution in [2.45, 2.75) is 13.0 Å². The number of ether oxygens (including phenoxy) is 1. The third-order valence-electron chi connectivity index (χ3n) is 3.66. The fourth-order valence-corrected chi connectivity index (χ4v) is 2.60. The van der Waals surface area contributed by atoms with Gasteiger partial charge in [0.1, 0.15) is 12.0 Å². The van der Waals surface area contributed by atoms with Crippen LogP contribution in [0.15, 0.2) is 29.4 Å². The van der Waals surface area contributed by atoms with Gasteiger partial charge in [0.25, 0.3) is 5.91 Å². The monoisotopic (exact) mass is 312 g/mol. The molecule has 0 aromatic heterocycles. The number of nitrogens with zero attached hydrogens (tertiary/aromatic N) is 3. The van der Waals surface area contributed by atoms with E-state index in [0.717, 1.165) is 4.90 Å². The molecule has 3 rings (SSSR count). The molecule has 1 aromatic rings. The summed E-state index contributed by atoms with van der Waals surface area (Å²) < 4.78 is 4.86. The Morgan fingerprint density at radius 1 is 1.35 bits per heavy atom. The molecule has 1 fully saturated rings. The number of nitrogens with one attached hydrogen (secondary N) is 1. The summed E-state index contributed by atoms with van der Waals surface area (Å²) in [4.78, 5) is 37.9. The zero-order chi connectivity index (χ0) is 16.6. The Balaban J connectivity index is 1.90. The summed E-state index contributed by atoms with van der Waals surface area (Å²) >= 11 is 0. The summed E-state index contributed by atoms with van der Waals surface area (Å²) in [5.74, 6) is -2.73. The number of anilines is 1. The van der Waals surface area contributed by atoms with Crippen LogP contribution in [0, 0.1) is 17.2 Å². The largest absolute Gasteiger partial charge is 0.461 e. The minimum absolute atomic E-state index is 0.0913. The maximum absolute atomic E-state index is 12.6. The van der Waals surface area contributed by atoms with Crippen molar-refractivity contribution < 1.29 is 19.1 Å². The van der Waals surface area contributed by atoms with Gasteiger partial charge in [0, 0.05) is 0 Å². The predicted octanol–water partition coefficient (Wildman–Crippen LogP) is -0.0614. The number of hydrogen-bond donors (Lipinski definition) is 1. The van der Waals surface area contributed by atoms with Crippen LogP contribution in [0.3, 0.4) is 0 Å². The molecule has 1 N–H and O–H groups in total. The van der Waals surface area contributed by atoms with Crippen LogP contribution < -0.4 is 10.3 Å². The minimum atomic E-state index is -0.989. The van der Waals surface area contributed by atoms with Gasteiger partial charge in [-0.3, -0.25) is 15.0 Å². The summed E-state index contributed by atoms with van der Waals surface area (Å²) in [6.07, 6.45) is 0. The van der Waals surface area contributed by atoms with Gasteiger partial charge in [0.2, 0.25) is 5.91 Å². The van der Waals surface area contributed by atoms with Crippen molar-refractivity contribution in [3.05, 3.63) is 29.8 Å². The number of benzene rings is 1. The molecule has 2 amide bonds. The average Bonchev–Trinajstić information content (AvgIpc) is 3.09. The van der Waals surface area contributed by atoms with Crippen molar-refractivity contribution >= 4 is 29.2 Å². The maximum atomic E-state index is 12.6. The van der Waals surface area contributed by atoms with Gasteiger partial charge < -0.3 is 4.74 Å². The fraction of sp³-hybridized carbons (Fsp3) is 0.267. The number of amides is 2. The van der Waals surface area contributed by atoms with Crippen molar-refractivity contribution in [2.24, 2.45) is 11.0 Å². The lowest BCUT2D eigenvalue weighted by molar-refractivity contribution is -0.136. The standard InChI is InChI=1S/C15H12N4O4/c1-2-23-15(22)12-10-11(17-18-12)14(21)19(13(10)20)9-5-3-8(7-16)4-6-9/h3-6,10-11,17H,2H2,1H3. The van der Waals surface area contributed by atoms with Crippen LogP contribution in [0.4, 0.5) is 5.69 Å². The number of esters is 1. The quantitative estimate of drug-likeness (QED) is 0.618. The SMILES string of the molecule is CCOC(=O)C1=NNC2C(=O)N(c3ccc(C#N)cc3)C(=O)C12. The highest BCUT2D eigenvalue weighted by atomic mass is 16.5. The van der Waals surface area contributed by atoms with Crippen LogP contribution in [0.1, 0.15) is 12.5 Å². The molecule has 0 spiro atoms. The van der Waals surface area contributed by atoms with Crippen molar-refractivity contribution in [1.29, 1.82) is 5.26 Å². The third-order valence-corrected chi connectivity index (χ3v) is 3.66. The van der Waals surface area contributed by atoms with E-state index in [1.807, 2.05) is 6.07 Å². The van der Waals surface area contributed by atoms with Gasteiger partial charge in [0.15, 0.2) is 5.71 Å². The van der Waals surface area contributed by atoms with E-state index in [1.54, 1.807) is 6.92 Å². The van der Waals surface area contributed by atoms with Crippen molar-refractivity contribution in [3.8, 4) is 6.07 Å².